The van der Waals surface area contributed by atoms with Crippen molar-refractivity contribution >= 4 is 11.8 Å². The van der Waals surface area contributed by atoms with Gasteiger partial charge in [-0.05, 0) is 70.7 Å². The molecule has 0 saturated carbocycles. The van der Waals surface area contributed by atoms with Crippen LogP contribution in [0.3, 0.4) is 0 Å². The van der Waals surface area contributed by atoms with Crippen LogP contribution < -0.4 is 10.6 Å². The maximum atomic E-state index is 11.9. The summed E-state index contributed by atoms with van der Waals surface area (Å²) in [5, 5.41) is 6.35. The molecule has 0 bridgehead atoms. The maximum absolute atomic E-state index is 11.9. The van der Waals surface area contributed by atoms with E-state index >= 15 is 0 Å². The Balaban J connectivity index is 2.02. The van der Waals surface area contributed by atoms with E-state index in [1.165, 1.54) is 18.4 Å². The van der Waals surface area contributed by atoms with E-state index < -0.39 is 11.7 Å². The fourth-order valence-electron chi connectivity index (χ4n) is 2.56. The lowest BCUT2D eigenvalue weighted by atomic mass is 10.0. The van der Waals surface area contributed by atoms with E-state index in [-0.39, 0.29) is 0 Å². The highest BCUT2D eigenvalue weighted by atomic mass is 16.6. The van der Waals surface area contributed by atoms with E-state index in [4.69, 9.17) is 4.74 Å². The summed E-state index contributed by atoms with van der Waals surface area (Å²) in [4.78, 5) is 11.9. The van der Waals surface area contributed by atoms with Gasteiger partial charge in [-0.15, -0.1) is 0 Å². The number of hydrogen-bond donors (Lipinski definition) is 2. The van der Waals surface area contributed by atoms with Crippen molar-refractivity contribution < 1.29 is 9.53 Å². The predicted octanol–water partition coefficient (Wildman–Crippen LogP) is 3.64. The second-order valence-corrected chi connectivity index (χ2v) is 6.77. The molecule has 1 aromatic rings. The molecule has 0 radical (unpaired) electrons. The first kappa shape index (κ1) is 15.8. The van der Waals surface area contributed by atoms with E-state index in [0.717, 1.165) is 24.2 Å². The summed E-state index contributed by atoms with van der Waals surface area (Å²) in [6, 6.07) is 6.80. The van der Waals surface area contributed by atoms with E-state index in [1.807, 2.05) is 27.7 Å². The Morgan fingerprint density at radius 2 is 2.19 bits per heavy atom. The molecule has 0 spiro atoms. The van der Waals surface area contributed by atoms with Crippen LogP contribution in [-0.2, 0) is 11.2 Å². The lowest BCUT2D eigenvalue weighted by Gasteiger charge is -2.20. The van der Waals surface area contributed by atoms with Crippen LogP contribution in [0.25, 0.3) is 0 Å². The first-order valence-corrected chi connectivity index (χ1v) is 7.66. The fourth-order valence-corrected chi connectivity index (χ4v) is 2.56. The second-order valence-electron chi connectivity index (χ2n) is 6.77. The van der Waals surface area contributed by atoms with Crippen molar-refractivity contribution in [1.29, 1.82) is 0 Å². The fraction of sp³-hybridized carbons (Fsp3) is 0.588. The number of amides is 1. The molecule has 1 atom stereocenters. The van der Waals surface area contributed by atoms with Crippen LogP contribution in [0, 0.1) is 6.92 Å². The molecule has 0 aromatic heterocycles. The molecule has 116 valence electrons. The first-order chi connectivity index (χ1) is 9.83. The third kappa shape index (κ3) is 5.05. The maximum Gasteiger partial charge on any atom is 0.412 e. The van der Waals surface area contributed by atoms with Gasteiger partial charge in [0, 0.05) is 11.7 Å². The summed E-state index contributed by atoms with van der Waals surface area (Å²) in [6.45, 7) is 8.69. The number of benzene rings is 1. The molecule has 1 aliphatic heterocycles. The Morgan fingerprint density at radius 3 is 2.81 bits per heavy atom. The Kier molecular flexibility index (Phi) is 4.88. The number of carbonyl (C=O) groups excluding carboxylic acids is 1. The molecular weight excluding hydrogens is 264 g/mol. The van der Waals surface area contributed by atoms with Crippen molar-refractivity contribution in [3.05, 3.63) is 29.3 Å². The van der Waals surface area contributed by atoms with Crippen LogP contribution >= 0.6 is 0 Å². The molecule has 1 saturated heterocycles. The van der Waals surface area contributed by atoms with Crippen molar-refractivity contribution in [2.75, 3.05) is 11.9 Å². The van der Waals surface area contributed by atoms with Gasteiger partial charge < -0.3 is 10.1 Å². The zero-order valence-corrected chi connectivity index (χ0v) is 13.5. The van der Waals surface area contributed by atoms with E-state index in [9.17, 15) is 4.79 Å². The lowest BCUT2D eigenvalue weighted by molar-refractivity contribution is 0.0636. The van der Waals surface area contributed by atoms with Gasteiger partial charge in [0.15, 0.2) is 0 Å². The van der Waals surface area contributed by atoms with Crippen LogP contribution in [0.1, 0.15) is 44.7 Å². The molecular formula is C17H26N2O2. The van der Waals surface area contributed by atoms with Crippen LogP contribution in [0.4, 0.5) is 10.5 Å². The summed E-state index contributed by atoms with van der Waals surface area (Å²) in [5.41, 5.74) is 2.64. The third-order valence-electron chi connectivity index (χ3n) is 3.58. The first-order valence-electron chi connectivity index (χ1n) is 7.66. The Hall–Kier alpha value is -1.55. The standard InChI is InChI=1S/C17H26N2O2/c1-12-7-8-13(10-14-6-5-9-18-14)11-15(12)19-16(20)21-17(2,3)4/h7-8,11,14,18H,5-6,9-10H2,1-4H3,(H,19,20). The summed E-state index contributed by atoms with van der Waals surface area (Å²) in [6.07, 6.45) is 3.08. The summed E-state index contributed by atoms with van der Waals surface area (Å²) in [5.74, 6) is 0. The highest BCUT2D eigenvalue weighted by Gasteiger charge is 2.18. The number of anilines is 1. The summed E-state index contributed by atoms with van der Waals surface area (Å²) >= 11 is 0. The highest BCUT2D eigenvalue weighted by Crippen LogP contribution is 2.21. The molecule has 1 aromatic carbocycles. The van der Waals surface area contributed by atoms with Gasteiger partial charge >= 0.3 is 6.09 Å². The zero-order chi connectivity index (χ0) is 15.5. The summed E-state index contributed by atoms with van der Waals surface area (Å²) < 4.78 is 5.31. The lowest BCUT2D eigenvalue weighted by Crippen LogP contribution is -2.27. The van der Waals surface area contributed by atoms with Crippen molar-refractivity contribution in [3.63, 3.8) is 0 Å². The highest BCUT2D eigenvalue weighted by molar-refractivity contribution is 5.86. The van der Waals surface area contributed by atoms with Crippen LogP contribution in [0.2, 0.25) is 0 Å². The SMILES string of the molecule is Cc1ccc(CC2CCCN2)cc1NC(=O)OC(C)(C)C. The molecule has 0 aliphatic carbocycles. The average molecular weight is 290 g/mol. The van der Waals surface area contributed by atoms with Crippen LogP contribution in [0.15, 0.2) is 18.2 Å². The van der Waals surface area contributed by atoms with Crippen molar-refractivity contribution in [3.8, 4) is 0 Å². The molecule has 21 heavy (non-hydrogen) atoms. The largest absolute Gasteiger partial charge is 0.444 e. The van der Waals surface area contributed by atoms with Crippen molar-refractivity contribution in [2.45, 2.75) is 58.6 Å². The van der Waals surface area contributed by atoms with Crippen molar-refractivity contribution in [2.24, 2.45) is 0 Å². The van der Waals surface area contributed by atoms with Gasteiger partial charge in [-0.3, -0.25) is 5.32 Å². The minimum atomic E-state index is -0.483. The molecule has 1 amide bonds. The van der Waals surface area contributed by atoms with Gasteiger partial charge in [0.25, 0.3) is 0 Å². The van der Waals surface area contributed by atoms with Gasteiger partial charge in [0.05, 0.1) is 0 Å². The van der Waals surface area contributed by atoms with Crippen molar-refractivity contribution in [1.82, 2.24) is 5.32 Å². The monoisotopic (exact) mass is 290 g/mol. The molecule has 4 nitrogen and oxygen atoms in total. The quantitative estimate of drug-likeness (QED) is 0.893. The molecule has 1 heterocycles. The number of aryl methyl sites for hydroxylation is 1. The van der Waals surface area contributed by atoms with E-state index in [1.54, 1.807) is 0 Å². The number of hydrogen-bond acceptors (Lipinski definition) is 3. The van der Waals surface area contributed by atoms with Gasteiger partial charge in [-0.1, -0.05) is 12.1 Å². The van der Waals surface area contributed by atoms with Crippen LogP contribution in [-0.4, -0.2) is 24.3 Å². The van der Waals surface area contributed by atoms with Gasteiger partial charge in [-0.25, -0.2) is 4.79 Å². The third-order valence-corrected chi connectivity index (χ3v) is 3.58. The predicted molar refractivity (Wildman–Crippen MR) is 85.8 cm³/mol. The topological polar surface area (TPSA) is 50.4 Å². The van der Waals surface area contributed by atoms with Gasteiger partial charge in [0.1, 0.15) is 5.60 Å². The Morgan fingerprint density at radius 1 is 1.43 bits per heavy atom. The number of ether oxygens (including phenoxy) is 1. The Bertz CT molecular complexity index is 500. The number of rotatable bonds is 3. The molecule has 2 rings (SSSR count). The number of carbonyl (C=O) groups is 1. The zero-order valence-electron chi connectivity index (χ0n) is 13.5. The van der Waals surface area contributed by atoms with Crippen LogP contribution in [0.5, 0.6) is 0 Å². The van der Waals surface area contributed by atoms with Gasteiger partial charge in [0.2, 0.25) is 0 Å². The minimum absolute atomic E-state index is 0.401. The normalized spacial score (nSPS) is 18.6. The van der Waals surface area contributed by atoms with E-state index in [0.29, 0.717) is 6.04 Å². The minimum Gasteiger partial charge on any atom is -0.444 e. The smallest absolute Gasteiger partial charge is 0.412 e. The van der Waals surface area contributed by atoms with E-state index in [2.05, 4.69) is 28.8 Å². The van der Waals surface area contributed by atoms with Gasteiger partial charge in [-0.2, -0.15) is 0 Å². The molecule has 2 N–H and O–H groups in total. The molecule has 1 fully saturated rings. The molecule has 1 unspecified atom stereocenters. The Labute approximate surface area is 127 Å². The number of nitrogens with one attached hydrogen (secondary N) is 2. The second kappa shape index (κ2) is 6.48. The average Bonchev–Trinajstić information content (AvgIpc) is 2.84. The molecule has 4 heteroatoms. The summed E-state index contributed by atoms with van der Waals surface area (Å²) in [7, 11) is 0. The molecule has 1 aliphatic rings.